The number of nitrogens with zero attached hydrogens (tertiary/aromatic N) is 3. The minimum atomic E-state index is -0.234. The van der Waals surface area contributed by atoms with Gasteiger partial charge in [0.2, 0.25) is 5.91 Å². The lowest BCUT2D eigenvalue weighted by Crippen LogP contribution is -2.41. The van der Waals surface area contributed by atoms with E-state index < -0.39 is 0 Å². The number of hydrogen-bond donors (Lipinski definition) is 1. The van der Waals surface area contributed by atoms with Crippen molar-refractivity contribution in [1.82, 2.24) is 19.9 Å². The van der Waals surface area contributed by atoms with Gasteiger partial charge in [0.15, 0.2) is 10.8 Å². The highest BCUT2D eigenvalue weighted by atomic mass is 32.2. The van der Waals surface area contributed by atoms with Crippen LogP contribution in [0.4, 0.5) is 0 Å². The number of rotatable bonds is 3. The van der Waals surface area contributed by atoms with Crippen molar-refractivity contribution in [1.29, 1.82) is 0 Å². The maximum absolute atomic E-state index is 12.1. The Hall–Kier alpha value is -2.08. The Morgan fingerprint density at radius 3 is 2.52 bits per heavy atom. The Bertz CT molecular complexity index is 969. The SMILES string of the molecule is Cc1cc(C)c2c(c1)c(C)cc1nnc(SCC(=O)NC(C)(C)C)n12. The molecule has 2 aromatic heterocycles. The summed E-state index contributed by atoms with van der Waals surface area (Å²) in [6.45, 7) is 12.2. The largest absolute Gasteiger partial charge is 0.351 e. The number of carbonyl (C=O) groups excluding carboxylic acids is 1. The molecule has 0 aliphatic carbocycles. The van der Waals surface area contributed by atoms with Crippen molar-refractivity contribution >= 4 is 34.2 Å². The number of aromatic nitrogens is 3. The van der Waals surface area contributed by atoms with Crippen molar-refractivity contribution in [2.75, 3.05) is 5.75 Å². The number of benzene rings is 1. The van der Waals surface area contributed by atoms with E-state index in [-0.39, 0.29) is 11.4 Å². The van der Waals surface area contributed by atoms with Crippen molar-refractivity contribution in [3.8, 4) is 0 Å². The first-order valence-electron chi connectivity index (χ1n) is 8.35. The molecule has 0 bridgehead atoms. The van der Waals surface area contributed by atoms with Gasteiger partial charge < -0.3 is 5.32 Å². The van der Waals surface area contributed by atoms with Gasteiger partial charge in [-0.25, -0.2) is 0 Å². The van der Waals surface area contributed by atoms with E-state index in [1.54, 1.807) is 0 Å². The van der Waals surface area contributed by atoms with Crippen LogP contribution in [0.1, 0.15) is 37.5 Å². The van der Waals surface area contributed by atoms with Crippen LogP contribution in [-0.2, 0) is 4.79 Å². The summed E-state index contributed by atoms with van der Waals surface area (Å²) in [6.07, 6.45) is 0. The van der Waals surface area contributed by atoms with E-state index in [2.05, 4.69) is 52.8 Å². The highest BCUT2D eigenvalue weighted by Crippen LogP contribution is 2.29. The quantitative estimate of drug-likeness (QED) is 0.725. The van der Waals surface area contributed by atoms with Gasteiger partial charge in [-0.1, -0.05) is 23.4 Å². The van der Waals surface area contributed by atoms with Crippen LogP contribution in [0.3, 0.4) is 0 Å². The molecule has 6 heteroatoms. The van der Waals surface area contributed by atoms with Crippen LogP contribution >= 0.6 is 11.8 Å². The minimum Gasteiger partial charge on any atom is -0.351 e. The molecule has 132 valence electrons. The van der Waals surface area contributed by atoms with E-state index in [4.69, 9.17) is 0 Å². The second-order valence-corrected chi connectivity index (χ2v) is 8.51. The Kier molecular flexibility index (Phi) is 4.49. The number of carbonyl (C=O) groups is 1. The summed E-state index contributed by atoms with van der Waals surface area (Å²) < 4.78 is 2.06. The number of thioether (sulfide) groups is 1. The molecule has 0 atom stereocenters. The minimum absolute atomic E-state index is 0.00164. The molecule has 2 heterocycles. The molecule has 3 aromatic rings. The van der Waals surface area contributed by atoms with Gasteiger partial charge in [0.05, 0.1) is 11.3 Å². The fraction of sp³-hybridized carbons (Fsp3) is 0.421. The average Bonchev–Trinajstić information content (AvgIpc) is 2.86. The van der Waals surface area contributed by atoms with E-state index in [9.17, 15) is 4.79 Å². The summed E-state index contributed by atoms with van der Waals surface area (Å²) in [5, 5.41) is 13.5. The molecule has 0 saturated carbocycles. The van der Waals surface area contributed by atoms with E-state index in [1.165, 1.54) is 33.8 Å². The van der Waals surface area contributed by atoms with Crippen molar-refractivity contribution in [2.24, 2.45) is 0 Å². The molecule has 0 spiro atoms. The normalized spacial score (nSPS) is 12.1. The molecule has 0 aliphatic rings. The number of aryl methyl sites for hydroxylation is 3. The number of hydrogen-bond acceptors (Lipinski definition) is 4. The number of nitrogens with one attached hydrogen (secondary N) is 1. The molecule has 3 rings (SSSR count). The lowest BCUT2D eigenvalue weighted by Gasteiger charge is -2.20. The Morgan fingerprint density at radius 1 is 1.12 bits per heavy atom. The highest BCUT2D eigenvalue weighted by molar-refractivity contribution is 7.99. The molecule has 0 aliphatic heterocycles. The van der Waals surface area contributed by atoms with Crippen molar-refractivity contribution < 1.29 is 4.79 Å². The third-order valence-electron chi connectivity index (χ3n) is 3.94. The van der Waals surface area contributed by atoms with Crippen LogP contribution in [0, 0.1) is 20.8 Å². The van der Waals surface area contributed by atoms with E-state index in [1.807, 2.05) is 26.8 Å². The molecule has 0 fully saturated rings. The lowest BCUT2D eigenvalue weighted by atomic mass is 10.0. The van der Waals surface area contributed by atoms with Crippen LogP contribution in [0.25, 0.3) is 16.6 Å². The van der Waals surface area contributed by atoms with Gasteiger partial charge >= 0.3 is 0 Å². The molecule has 1 aromatic carbocycles. The predicted molar refractivity (Wildman–Crippen MR) is 103 cm³/mol. The fourth-order valence-electron chi connectivity index (χ4n) is 3.09. The van der Waals surface area contributed by atoms with Gasteiger partial charge in [-0.15, -0.1) is 10.2 Å². The number of amides is 1. The third kappa shape index (κ3) is 3.63. The smallest absolute Gasteiger partial charge is 0.230 e. The first-order chi connectivity index (χ1) is 11.7. The Labute approximate surface area is 152 Å². The van der Waals surface area contributed by atoms with Crippen LogP contribution < -0.4 is 5.32 Å². The summed E-state index contributed by atoms with van der Waals surface area (Å²) in [6, 6.07) is 6.41. The molecular weight excluding hydrogens is 332 g/mol. The summed E-state index contributed by atoms with van der Waals surface area (Å²) in [4.78, 5) is 12.1. The molecule has 0 saturated heterocycles. The molecule has 1 amide bonds. The second kappa shape index (κ2) is 6.33. The number of pyridine rings is 1. The second-order valence-electron chi connectivity index (χ2n) is 7.57. The summed E-state index contributed by atoms with van der Waals surface area (Å²) in [7, 11) is 0. The number of fused-ring (bicyclic) bond motifs is 3. The molecule has 0 radical (unpaired) electrons. The maximum atomic E-state index is 12.1. The van der Waals surface area contributed by atoms with Gasteiger partial charge in [-0.3, -0.25) is 9.20 Å². The van der Waals surface area contributed by atoms with Crippen molar-refractivity contribution in [3.05, 3.63) is 34.9 Å². The van der Waals surface area contributed by atoms with Crippen molar-refractivity contribution in [3.63, 3.8) is 0 Å². The monoisotopic (exact) mass is 356 g/mol. The maximum Gasteiger partial charge on any atom is 0.230 e. The zero-order valence-corrected chi connectivity index (χ0v) is 16.4. The van der Waals surface area contributed by atoms with E-state index >= 15 is 0 Å². The van der Waals surface area contributed by atoms with Gasteiger partial charge in [0.1, 0.15) is 0 Å². The molecular formula is C19H24N4OS. The Balaban J connectivity index is 2.03. The standard InChI is InChI=1S/C19H24N4OS/c1-11-7-13(3)17-14(8-11)12(2)9-15-21-22-18(23(15)17)25-10-16(24)20-19(4,5)6/h7-9H,10H2,1-6H3,(H,20,24). The van der Waals surface area contributed by atoms with Gasteiger partial charge in [-0.2, -0.15) is 0 Å². The van der Waals surface area contributed by atoms with Crippen LogP contribution in [0.2, 0.25) is 0 Å². The summed E-state index contributed by atoms with van der Waals surface area (Å²) in [5.74, 6) is 0.316. The predicted octanol–water partition coefficient (Wildman–Crippen LogP) is 3.81. The molecule has 25 heavy (non-hydrogen) atoms. The van der Waals surface area contributed by atoms with Gasteiger partial charge in [-0.05, 0) is 64.8 Å². The van der Waals surface area contributed by atoms with Gasteiger partial charge in [0, 0.05) is 10.9 Å². The van der Waals surface area contributed by atoms with E-state index in [0.29, 0.717) is 5.75 Å². The zero-order valence-electron chi connectivity index (χ0n) is 15.6. The molecule has 1 N–H and O–H groups in total. The van der Waals surface area contributed by atoms with Crippen LogP contribution in [-0.4, -0.2) is 31.8 Å². The molecule has 0 unspecified atom stereocenters. The zero-order chi connectivity index (χ0) is 18.4. The summed E-state index contributed by atoms with van der Waals surface area (Å²) >= 11 is 1.42. The Morgan fingerprint density at radius 2 is 1.84 bits per heavy atom. The van der Waals surface area contributed by atoms with Crippen LogP contribution in [0.5, 0.6) is 0 Å². The van der Waals surface area contributed by atoms with Crippen LogP contribution in [0.15, 0.2) is 23.4 Å². The first-order valence-corrected chi connectivity index (χ1v) is 9.34. The third-order valence-corrected chi connectivity index (χ3v) is 4.87. The van der Waals surface area contributed by atoms with Crippen molar-refractivity contribution in [2.45, 2.75) is 52.2 Å². The topological polar surface area (TPSA) is 59.3 Å². The first kappa shape index (κ1) is 17.7. The molecule has 5 nitrogen and oxygen atoms in total. The van der Waals surface area contributed by atoms with Gasteiger partial charge in [0.25, 0.3) is 0 Å². The lowest BCUT2D eigenvalue weighted by molar-refractivity contribution is -0.119. The average molecular weight is 356 g/mol. The summed E-state index contributed by atoms with van der Waals surface area (Å²) in [5.41, 5.74) is 5.30. The highest BCUT2D eigenvalue weighted by Gasteiger charge is 2.17. The fourth-order valence-corrected chi connectivity index (χ4v) is 3.84. The van der Waals surface area contributed by atoms with E-state index in [0.717, 1.165) is 16.3 Å².